The largest absolute Gasteiger partial charge is 0.394 e. The van der Waals surface area contributed by atoms with Crippen molar-refractivity contribution in [1.82, 2.24) is 14.9 Å². The molecular weight excluding hydrogens is 246 g/mol. The molecule has 4 N–H and O–H groups in total. The van der Waals surface area contributed by atoms with Crippen molar-refractivity contribution in [3.05, 3.63) is 11.4 Å². The number of nitrogens with one attached hydrogen (secondary N) is 2. The van der Waals surface area contributed by atoms with Crippen molar-refractivity contribution in [3.63, 3.8) is 0 Å². The van der Waals surface area contributed by atoms with Crippen LogP contribution in [0.25, 0.3) is 0 Å². The number of aromatic nitrogens is 2. The van der Waals surface area contributed by atoms with E-state index in [1.165, 1.54) is 6.92 Å². The lowest BCUT2D eigenvalue weighted by molar-refractivity contribution is 0.121. The van der Waals surface area contributed by atoms with Gasteiger partial charge in [-0.25, -0.2) is 13.1 Å². The number of nitrogens with zero attached hydrogens (tertiary/aromatic N) is 1. The van der Waals surface area contributed by atoms with Gasteiger partial charge >= 0.3 is 0 Å². The molecule has 0 saturated carbocycles. The molecule has 1 rings (SSSR count). The van der Waals surface area contributed by atoms with Gasteiger partial charge in [0, 0.05) is 0 Å². The van der Waals surface area contributed by atoms with Gasteiger partial charge in [-0.1, -0.05) is 0 Å². The average Bonchev–Trinajstić information content (AvgIpc) is 2.58. The first-order valence-corrected chi connectivity index (χ1v) is 6.51. The van der Waals surface area contributed by atoms with Crippen LogP contribution in [0.3, 0.4) is 0 Å². The van der Waals surface area contributed by atoms with Crippen molar-refractivity contribution in [2.24, 2.45) is 0 Å². The SMILES string of the molecule is Cc1n[nH]c(C)c1S(=O)(=O)NC(C)(CO)CO. The smallest absolute Gasteiger partial charge is 0.244 e. The predicted molar refractivity (Wildman–Crippen MR) is 61.0 cm³/mol. The molecule has 0 atom stereocenters. The van der Waals surface area contributed by atoms with Crippen molar-refractivity contribution >= 4 is 10.0 Å². The third-order valence-electron chi connectivity index (χ3n) is 2.41. The van der Waals surface area contributed by atoms with Gasteiger partial charge in [0.2, 0.25) is 10.0 Å². The van der Waals surface area contributed by atoms with E-state index in [0.29, 0.717) is 11.4 Å². The summed E-state index contributed by atoms with van der Waals surface area (Å²) in [4.78, 5) is 0.0469. The summed E-state index contributed by atoms with van der Waals surface area (Å²) >= 11 is 0. The maximum Gasteiger partial charge on any atom is 0.244 e. The summed E-state index contributed by atoms with van der Waals surface area (Å²) in [7, 11) is -3.82. The summed E-state index contributed by atoms with van der Waals surface area (Å²) in [5.74, 6) is 0. The van der Waals surface area contributed by atoms with E-state index >= 15 is 0 Å². The third kappa shape index (κ3) is 2.83. The second-order valence-electron chi connectivity index (χ2n) is 4.25. The van der Waals surface area contributed by atoms with Crippen LogP contribution in [-0.4, -0.2) is 47.6 Å². The Morgan fingerprint density at radius 3 is 2.24 bits per heavy atom. The van der Waals surface area contributed by atoms with E-state index in [0.717, 1.165) is 0 Å². The van der Waals surface area contributed by atoms with Crippen LogP contribution < -0.4 is 4.72 Å². The minimum absolute atomic E-state index is 0.0469. The molecule has 0 aliphatic carbocycles. The van der Waals surface area contributed by atoms with Crippen LogP contribution in [0.1, 0.15) is 18.3 Å². The molecule has 1 aromatic heterocycles. The zero-order chi connectivity index (χ0) is 13.3. The van der Waals surface area contributed by atoms with E-state index in [9.17, 15) is 8.42 Å². The summed E-state index contributed by atoms with van der Waals surface area (Å²) in [6.07, 6.45) is 0. The number of hydrogen-bond donors (Lipinski definition) is 4. The molecule has 0 amide bonds. The van der Waals surface area contributed by atoms with Gasteiger partial charge in [0.25, 0.3) is 0 Å². The summed E-state index contributed by atoms with van der Waals surface area (Å²) in [6.45, 7) is 3.56. The topological polar surface area (TPSA) is 115 Å². The highest BCUT2D eigenvalue weighted by Crippen LogP contribution is 2.18. The summed E-state index contributed by atoms with van der Waals surface area (Å²) in [6, 6.07) is 0. The standard InChI is InChI=1S/C9H17N3O4S/c1-6-8(7(2)11-10-6)17(15,16)12-9(3,4-13)5-14/h12-14H,4-5H2,1-3H3,(H,10,11). The Morgan fingerprint density at radius 1 is 1.35 bits per heavy atom. The Balaban J connectivity index is 3.14. The predicted octanol–water partition coefficient (Wildman–Crippen LogP) is -0.952. The van der Waals surface area contributed by atoms with Crippen molar-refractivity contribution in [2.45, 2.75) is 31.2 Å². The lowest BCUT2D eigenvalue weighted by atomic mass is 10.1. The first kappa shape index (κ1) is 14.1. The molecule has 8 heteroatoms. The minimum atomic E-state index is -3.82. The highest BCUT2D eigenvalue weighted by atomic mass is 32.2. The molecule has 0 fully saturated rings. The molecule has 0 aliphatic heterocycles. The zero-order valence-corrected chi connectivity index (χ0v) is 10.8. The Labute approximate surface area is 99.9 Å². The Morgan fingerprint density at radius 2 is 1.88 bits per heavy atom. The van der Waals surface area contributed by atoms with Gasteiger partial charge in [-0.2, -0.15) is 5.10 Å². The van der Waals surface area contributed by atoms with Crippen LogP contribution in [0.2, 0.25) is 0 Å². The fraction of sp³-hybridized carbons (Fsp3) is 0.667. The van der Waals surface area contributed by atoms with Crippen molar-refractivity contribution < 1.29 is 18.6 Å². The molecule has 0 bridgehead atoms. The highest BCUT2D eigenvalue weighted by Gasteiger charge is 2.32. The Kier molecular flexibility index (Phi) is 3.92. The molecule has 1 aromatic rings. The Bertz CT molecular complexity index is 471. The number of H-pyrrole nitrogens is 1. The molecule has 0 radical (unpaired) electrons. The zero-order valence-electron chi connectivity index (χ0n) is 9.98. The van der Waals surface area contributed by atoms with Crippen LogP contribution in [0.5, 0.6) is 0 Å². The van der Waals surface area contributed by atoms with Crippen molar-refractivity contribution in [3.8, 4) is 0 Å². The maximum absolute atomic E-state index is 12.1. The Hall–Kier alpha value is -0.960. The molecule has 0 spiro atoms. The van der Waals surface area contributed by atoms with Crippen LogP contribution >= 0.6 is 0 Å². The fourth-order valence-electron chi connectivity index (χ4n) is 1.43. The lowest BCUT2D eigenvalue weighted by Crippen LogP contribution is -2.51. The second kappa shape index (κ2) is 4.73. The lowest BCUT2D eigenvalue weighted by Gasteiger charge is -2.25. The van der Waals surface area contributed by atoms with E-state index in [-0.39, 0.29) is 4.90 Å². The number of aliphatic hydroxyl groups is 2. The van der Waals surface area contributed by atoms with Gasteiger partial charge in [0.15, 0.2) is 0 Å². The maximum atomic E-state index is 12.1. The quantitative estimate of drug-likeness (QED) is 0.546. The van der Waals surface area contributed by atoms with E-state index in [2.05, 4.69) is 14.9 Å². The number of aliphatic hydroxyl groups excluding tert-OH is 2. The van der Waals surface area contributed by atoms with Crippen molar-refractivity contribution in [2.75, 3.05) is 13.2 Å². The van der Waals surface area contributed by atoms with Crippen LogP contribution in [0.15, 0.2) is 4.90 Å². The van der Waals surface area contributed by atoms with Gasteiger partial charge in [0.1, 0.15) is 4.90 Å². The van der Waals surface area contributed by atoms with Crippen LogP contribution in [0, 0.1) is 13.8 Å². The van der Waals surface area contributed by atoms with E-state index in [1.807, 2.05) is 0 Å². The fourth-order valence-corrected chi connectivity index (χ4v) is 3.19. The van der Waals surface area contributed by atoms with Gasteiger partial charge in [-0.15, -0.1) is 0 Å². The monoisotopic (exact) mass is 263 g/mol. The second-order valence-corrected chi connectivity index (χ2v) is 5.86. The minimum Gasteiger partial charge on any atom is -0.394 e. The molecular formula is C9H17N3O4S. The average molecular weight is 263 g/mol. The first-order valence-electron chi connectivity index (χ1n) is 5.03. The van der Waals surface area contributed by atoms with Crippen LogP contribution in [0.4, 0.5) is 0 Å². The molecule has 0 aromatic carbocycles. The van der Waals surface area contributed by atoms with E-state index < -0.39 is 28.8 Å². The number of aromatic amines is 1. The molecule has 0 unspecified atom stereocenters. The van der Waals surface area contributed by atoms with Crippen molar-refractivity contribution in [1.29, 1.82) is 0 Å². The van der Waals surface area contributed by atoms with Gasteiger partial charge in [0.05, 0.1) is 30.1 Å². The highest BCUT2D eigenvalue weighted by molar-refractivity contribution is 7.89. The van der Waals surface area contributed by atoms with Gasteiger partial charge < -0.3 is 10.2 Å². The molecule has 1 heterocycles. The molecule has 0 saturated heterocycles. The third-order valence-corrected chi connectivity index (χ3v) is 4.31. The molecule has 17 heavy (non-hydrogen) atoms. The van der Waals surface area contributed by atoms with Gasteiger partial charge in [-0.3, -0.25) is 5.10 Å². The summed E-state index contributed by atoms with van der Waals surface area (Å²) in [5, 5.41) is 24.5. The number of aryl methyl sites for hydroxylation is 2. The summed E-state index contributed by atoms with van der Waals surface area (Å²) in [5.41, 5.74) is -0.545. The molecule has 0 aliphatic rings. The van der Waals surface area contributed by atoms with E-state index in [1.54, 1.807) is 13.8 Å². The first-order chi connectivity index (χ1) is 7.75. The molecule has 7 nitrogen and oxygen atoms in total. The number of hydrogen-bond acceptors (Lipinski definition) is 5. The summed E-state index contributed by atoms with van der Waals surface area (Å²) < 4.78 is 26.4. The normalized spacial score (nSPS) is 13.0. The number of sulfonamides is 1. The molecule has 98 valence electrons. The van der Waals surface area contributed by atoms with Crippen LogP contribution in [-0.2, 0) is 10.0 Å². The van der Waals surface area contributed by atoms with E-state index in [4.69, 9.17) is 10.2 Å². The van der Waals surface area contributed by atoms with Gasteiger partial charge in [-0.05, 0) is 20.8 Å². The number of rotatable bonds is 5.